The zero-order valence-electron chi connectivity index (χ0n) is 13.3. The van der Waals surface area contributed by atoms with E-state index in [0.717, 1.165) is 11.1 Å². The molecule has 3 aromatic rings. The SMILES string of the molecule is Cc1ccc(CC(=O)NS(=O)(=O)c2cccc(-n3cnnn3)c2)cc1. The lowest BCUT2D eigenvalue weighted by Crippen LogP contribution is -2.31. The van der Waals surface area contributed by atoms with E-state index in [2.05, 4.69) is 20.2 Å². The molecule has 0 saturated heterocycles. The first-order valence-corrected chi connectivity index (χ1v) is 8.87. The molecule has 3 rings (SSSR count). The fraction of sp³-hybridized carbons (Fsp3) is 0.125. The lowest BCUT2D eigenvalue weighted by Gasteiger charge is -2.08. The van der Waals surface area contributed by atoms with Gasteiger partial charge in [0.05, 0.1) is 17.0 Å². The average molecular weight is 357 g/mol. The Kier molecular flexibility index (Phi) is 4.57. The maximum Gasteiger partial charge on any atom is 0.264 e. The average Bonchev–Trinajstić information content (AvgIpc) is 3.11. The van der Waals surface area contributed by atoms with Crippen molar-refractivity contribution in [2.45, 2.75) is 18.2 Å². The van der Waals surface area contributed by atoms with E-state index in [9.17, 15) is 13.2 Å². The summed E-state index contributed by atoms with van der Waals surface area (Å²) in [7, 11) is -3.98. The molecule has 0 atom stereocenters. The van der Waals surface area contributed by atoms with Crippen molar-refractivity contribution in [3.63, 3.8) is 0 Å². The number of benzene rings is 2. The Morgan fingerprint density at radius 2 is 1.92 bits per heavy atom. The summed E-state index contributed by atoms with van der Waals surface area (Å²) in [6, 6.07) is 13.3. The highest BCUT2D eigenvalue weighted by Crippen LogP contribution is 2.14. The molecule has 0 saturated carbocycles. The Bertz CT molecular complexity index is 983. The van der Waals surface area contributed by atoms with Crippen LogP contribution in [0.5, 0.6) is 0 Å². The first kappa shape index (κ1) is 16.8. The molecule has 0 fully saturated rings. The van der Waals surface area contributed by atoms with Crippen LogP contribution in [0.4, 0.5) is 0 Å². The van der Waals surface area contributed by atoms with Gasteiger partial charge in [0.15, 0.2) is 0 Å². The maximum absolute atomic E-state index is 12.4. The third kappa shape index (κ3) is 4.07. The van der Waals surface area contributed by atoms with Gasteiger partial charge in [0.1, 0.15) is 6.33 Å². The molecule has 0 bridgehead atoms. The fourth-order valence-electron chi connectivity index (χ4n) is 2.21. The van der Waals surface area contributed by atoms with Gasteiger partial charge in [-0.25, -0.2) is 17.8 Å². The summed E-state index contributed by atoms with van der Waals surface area (Å²) < 4.78 is 28.2. The summed E-state index contributed by atoms with van der Waals surface area (Å²) in [6.07, 6.45) is 1.33. The van der Waals surface area contributed by atoms with Crippen LogP contribution in [0.2, 0.25) is 0 Å². The van der Waals surface area contributed by atoms with Crippen molar-refractivity contribution < 1.29 is 13.2 Å². The molecule has 25 heavy (non-hydrogen) atoms. The third-order valence-electron chi connectivity index (χ3n) is 3.47. The number of hydrogen-bond acceptors (Lipinski definition) is 6. The van der Waals surface area contributed by atoms with Gasteiger partial charge in [-0.05, 0) is 41.1 Å². The van der Waals surface area contributed by atoms with Crippen molar-refractivity contribution in [2.75, 3.05) is 0 Å². The van der Waals surface area contributed by atoms with Gasteiger partial charge in [-0.15, -0.1) is 5.10 Å². The van der Waals surface area contributed by atoms with Gasteiger partial charge in [-0.2, -0.15) is 0 Å². The van der Waals surface area contributed by atoms with Crippen LogP contribution in [-0.4, -0.2) is 34.5 Å². The summed E-state index contributed by atoms with van der Waals surface area (Å²) >= 11 is 0. The minimum Gasteiger partial charge on any atom is -0.274 e. The lowest BCUT2D eigenvalue weighted by molar-refractivity contribution is -0.118. The molecule has 0 spiro atoms. The first-order valence-electron chi connectivity index (χ1n) is 7.39. The van der Waals surface area contributed by atoms with Gasteiger partial charge in [-0.3, -0.25) is 4.79 Å². The van der Waals surface area contributed by atoms with Crippen molar-refractivity contribution in [1.29, 1.82) is 0 Å². The van der Waals surface area contributed by atoms with Crippen molar-refractivity contribution in [3.05, 3.63) is 66.0 Å². The number of carbonyl (C=O) groups excluding carboxylic acids is 1. The van der Waals surface area contributed by atoms with Gasteiger partial charge < -0.3 is 0 Å². The molecule has 9 heteroatoms. The monoisotopic (exact) mass is 357 g/mol. The summed E-state index contributed by atoms with van der Waals surface area (Å²) in [4.78, 5) is 12.0. The second kappa shape index (κ2) is 6.81. The number of tetrazole rings is 1. The molecule has 0 aliphatic heterocycles. The molecule has 0 radical (unpaired) electrons. The largest absolute Gasteiger partial charge is 0.274 e. The second-order valence-electron chi connectivity index (χ2n) is 5.44. The number of nitrogens with one attached hydrogen (secondary N) is 1. The molecule has 0 unspecified atom stereocenters. The molecule has 1 aromatic heterocycles. The Labute approximate surface area is 144 Å². The highest BCUT2D eigenvalue weighted by molar-refractivity contribution is 7.90. The maximum atomic E-state index is 12.4. The minimum absolute atomic E-state index is 0.0216. The molecule has 0 aliphatic rings. The molecule has 1 heterocycles. The number of nitrogens with zero attached hydrogens (tertiary/aromatic N) is 4. The molecule has 2 aromatic carbocycles. The van der Waals surface area contributed by atoms with E-state index in [-0.39, 0.29) is 11.3 Å². The number of sulfonamides is 1. The number of rotatable bonds is 5. The molecular weight excluding hydrogens is 342 g/mol. The summed E-state index contributed by atoms with van der Waals surface area (Å²) in [5, 5.41) is 10.7. The summed E-state index contributed by atoms with van der Waals surface area (Å²) in [5.41, 5.74) is 2.27. The van der Waals surface area contributed by atoms with E-state index in [1.807, 2.05) is 19.1 Å². The van der Waals surface area contributed by atoms with Gasteiger partial charge in [0.25, 0.3) is 10.0 Å². The summed E-state index contributed by atoms with van der Waals surface area (Å²) in [6.45, 7) is 1.94. The minimum atomic E-state index is -3.98. The molecule has 8 nitrogen and oxygen atoms in total. The van der Waals surface area contributed by atoms with Crippen molar-refractivity contribution in [1.82, 2.24) is 24.9 Å². The van der Waals surface area contributed by atoms with E-state index in [1.54, 1.807) is 24.3 Å². The number of aryl methyl sites for hydroxylation is 1. The van der Waals surface area contributed by atoms with E-state index in [0.29, 0.717) is 5.69 Å². The van der Waals surface area contributed by atoms with Crippen LogP contribution in [0.1, 0.15) is 11.1 Å². The van der Waals surface area contributed by atoms with E-state index in [1.165, 1.54) is 23.1 Å². The van der Waals surface area contributed by atoms with Gasteiger partial charge in [-0.1, -0.05) is 35.9 Å². The van der Waals surface area contributed by atoms with Crippen molar-refractivity contribution in [2.24, 2.45) is 0 Å². The van der Waals surface area contributed by atoms with Crippen LogP contribution in [0.15, 0.2) is 59.8 Å². The smallest absolute Gasteiger partial charge is 0.264 e. The quantitative estimate of drug-likeness (QED) is 0.730. The van der Waals surface area contributed by atoms with Gasteiger partial charge in [0, 0.05) is 0 Å². The molecule has 1 amide bonds. The molecule has 128 valence electrons. The molecular formula is C16H15N5O3S. The van der Waals surface area contributed by atoms with Crippen LogP contribution in [0.25, 0.3) is 5.69 Å². The number of hydrogen-bond donors (Lipinski definition) is 1. The number of amides is 1. The van der Waals surface area contributed by atoms with Crippen LogP contribution in [0.3, 0.4) is 0 Å². The highest BCUT2D eigenvalue weighted by Gasteiger charge is 2.18. The highest BCUT2D eigenvalue weighted by atomic mass is 32.2. The fourth-order valence-corrected chi connectivity index (χ4v) is 3.23. The predicted molar refractivity (Wildman–Crippen MR) is 89.4 cm³/mol. The molecule has 1 N–H and O–H groups in total. The van der Waals surface area contributed by atoms with Crippen LogP contribution in [0, 0.1) is 6.92 Å². The Balaban J connectivity index is 1.76. The Morgan fingerprint density at radius 3 is 2.60 bits per heavy atom. The Morgan fingerprint density at radius 1 is 1.16 bits per heavy atom. The van der Waals surface area contributed by atoms with E-state index in [4.69, 9.17) is 0 Å². The van der Waals surface area contributed by atoms with Crippen LogP contribution < -0.4 is 4.72 Å². The first-order chi connectivity index (χ1) is 11.9. The zero-order valence-corrected chi connectivity index (χ0v) is 14.1. The predicted octanol–water partition coefficient (Wildman–Crippen LogP) is 1.02. The molecule has 0 aliphatic carbocycles. The number of carbonyl (C=O) groups is 1. The summed E-state index contributed by atoms with van der Waals surface area (Å²) in [5.74, 6) is -0.600. The lowest BCUT2D eigenvalue weighted by atomic mass is 10.1. The van der Waals surface area contributed by atoms with Crippen molar-refractivity contribution >= 4 is 15.9 Å². The Hall–Kier alpha value is -3.07. The van der Waals surface area contributed by atoms with E-state index < -0.39 is 15.9 Å². The zero-order chi connectivity index (χ0) is 17.9. The topological polar surface area (TPSA) is 107 Å². The van der Waals surface area contributed by atoms with Crippen LogP contribution >= 0.6 is 0 Å². The third-order valence-corrected chi connectivity index (χ3v) is 4.85. The standard InChI is InChI=1S/C16H15N5O3S/c1-12-5-7-13(8-6-12)9-16(22)18-25(23,24)15-4-2-3-14(10-15)21-11-17-19-20-21/h2-8,10-11H,9H2,1H3,(H,18,22). The van der Waals surface area contributed by atoms with Gasteiger partial charge in [0.2, 0.25) is 5.91 Å². The number of aromatic nitrogens is 4. The van der Waals surface area contributed by atoms with E-state index >= 15 is 0 Å². The van der Waals surface area contributed by atoms with Gasteiger partial charge >= 0.3 is 0 Å². The van der Waals surface area contributed by atoms with Crippen molar-refractivity contribution in [3.8, 4) is 5.69 Å². The van der Waals surface area contributed by atoms with Crippen LogP contribution in [-0.2, 0) is 21.2 Å². The normalized spacial score (nSPS) is 11.2. The second-order valence-corrected chi connectivity index (χ2v) is 7.13.